The highest BCUT2D eigenvalue weighted by Crippen LogP contribution is 2.19. The molecular weight excluding hydrogens is 292 g/mol. The maximum absolute atomic E-state index is 11.2. The number of carbonyl (C=O) groups is 3. The van der Waals surface area contributed by atoms with Crippen molar-refractivity contribution in [2.75, 3.05) is 31.7 Å². The highest BCUT2D eigenvalue weighted by molar-refractivity contribution is 8.76. The summed E-state index contributed by atoms with van der Waals surface area (Å²) in [5.74, 6) is 0.547. The summed E-state index contributed by atoms with van der Waals surface area (Å²) in [7, 11) is 5.12. The minimum atomic E-state index is -1.02. The minimum absolute atomic E-state index is 0.0735. The molecule has 0 radical (unpaired) electrons. The summed E-state index contributed by atoms with van der Waals surface area (Å²) in [6.45, 7) is 1.09. The fourth-order valence-corrected chi connectivity index (χ4v) is 3.02. The standard InChI is InChI=1S/C10H16N2O5S2/c1-11-4-6-18-19-7-5-16-10(15)17-12-8(13)2-3-9(12)14/h11H,2-7H2,1H3. The molecule has 19 heavy (non-hydrogen) atoms. The second-order valence-electron chi connectivity index (χ2n) is 3.52. The fraction of sp³-hybridized carbons (Fsp3) is 0.700. The Morgan fingerprint density at radius 3 is 2.53 bits per heavy atom. The summed E-state index contributed by atoms with van der Waals surface area (Å²) in [5, 5.41) is 3.49. The zero-order valence-electron chi connectivity index (χ0n) is 10.5. The van der Waals surface area contributed by atoms with Crippen molar-refractivity contribution in [3.63, 3.8) is 0 Å². The Kier molecular flexibility index (Phi) is 7.68. The van der Waals surface area contributed by atoms with Gasteiger partial charge in [-0.25, -0.2) is 4.79 Å². The van der Waals surface area contributed by atoms with E-state index in [1.54, 1.807) is 21.6 Å². The van der Waals surface area contributed by atoms with E-state index in [1.807, 2.05) is 7.05 Å². The van der Waals surface area contributed by atoms with Gasteiger partial charge in [0, 0.05) is 30.9 Å². The summed E-state index contributed by atoms with van der Waals surface area (Å²) in [5.41, 5.74) is 0. The molecule has 1 rings (SSSR count). The number of nitrogens with one attached hydrogen (secondary N) is 1. The average Bonchev–Trinajstić information content (AvgIpc) is 2.69. The van der Waals surface area contributed by atoms with Gasteiger partial charge in [0.25, 0.3) is 11.8 Å². The first-order valence-corrected chi connectivity index (χ1v) is 8.23. The van der Waals surface area contributed by atoms with Crippen molar-refractivity contribution in [2.24, 2.45) is 0 Å². The van der Waals surface area contributed by atoms with Crippen LogP contribution < -0.4 is 5.32 Å². The van der Waals surface area contributed by atoms with Crippen molar-refractivity contribution in [1.82, 2.24) is 10.4 Å². The molecule has 0 aromatic carbocycles. The number of ether oxygens (including phenoxy) is 1. The van der Waals surface area contributed by atoms with Crippen LogP contribution in [0, 0.1) is 0 Å². The van der Waals surface area contributed by atoms with E-state index in [0.29, 0.717) is 10.8 Å². The lowest BCUT2D eigenvalue weighted by molar-refractivity contribution is -0.176. The molecule has 1 saturated heterocycles. The summed E-state index contributed by atoms with van der Waals surface area (Å²) < 4.78 is 4.75. The lowest BCUT2D eigenvalue weighted by Gasteiger charge is -2.12. The van der Waals surface area contributed by atoms with Gasteiger partial charge in [-0.3, -0.25) is 14.4 Å². The van der Waals surface area contributed by atoms with Crippen LogP contribution >= 0.6 is 21.6 Å². The van der Waals surface area contributed by atoms with Gasteiger partial charge in [-0.2, -0.15) is 0 Å². The van der Waals surface area contributed by atoms with E-state index in [4.69, 9.17) is 4.74 Å². The van der Waals surface area contributed by atoms with E-state index in [9.17, 15) is 14.4 Å². The molecule has 1 aliphatic rings. The molecule has 1 aliphatic heterocycles. The number of imide groups is 1. The monoisotopic (exact) mass is 308 g/mol. The zero-order chi connectivity index (χ0) is 14.1. The van der Waals surface area contributed by atoms with Gasteiger partial charge in [0.2, 0.25) is 0 Å². The van der Waals surface area contributed by atoms with Crippen LogP contribution in [-0.2, 0) is 19.2 Å². The third kappa shape index (κ3) is 6.17. The molecule has 108 valence electrons. The molecule has 1 fully saturated rings. The van der Waals surface area contributed by atoms with Gasteiger partial charge in [0.05, 0.1) is 0 Å². The maximum Gasteiger partial charge on any atom is 0.533 e. The quantitative estimate of drug-likeness (QED) is 0.305. The molecule has 1 heterocycles. The van der Waals surface area contributed by atoms with Crippen molar-refractivity contribution in [3.8, 4) is 0 Å². The van der Waals surface area contributed by atoms with Crippen LogP contribution in [0.2, 0.25) is 0 Å². The lowest BCUT2D eigenvalue weighted by Crippen LogP contribution is -2.32. The topological polar surface area (TPSA) is 84.9 Å². The molecule has 9 heteroatoms. The van der Waals surface area contributed by atoms with Crippen LogP contribution in [0.1, 0.15) is 12.8 Å². The number of nitrogens with zero attached hydrogens (tertiary/aromatic N) is 1. The Morgan fingerprint density at radius 1 is 1.26 bits per heavy atom. The first-order chi connectivity index (χ1) is 9.15. The molecule has 1 N–H and O–H groups in total. The van der Waals surface area contributed by atoms with Gasteiger partial charge < -0.3 is 10.1 Å². The van der Waals surface area contributed by atoms with Crippen molar-refractivity contribution >= 4 is 39.6 Å². The number of carbonyl (C=O) groups excluding carboxylic acids is 3. The predicted octanol–water partition coefficient (Wildman–Crippen LogP) is 0.804. The number of rotatable bonds is 8. The summed E-state index contributed by atoms with van der Waals surface area (Å²) in [6.07, 6.45) is -0.877. The average molecular weight is 308 g/mol. The Balaban J connectivity index is 2.05. The fourth-order valence-electron chi connectivity index (χ4n) is 1.18. The molecule has 7 nitrogen and oxygen atoms in total. The van der Waals surface area contributed by atoms with E-state index < -0.39 is 18.0 Å². The Hall–Kier alpha value is -0.930. The van der Waals surface area contributed by atoms with Crippen molar-refractivity contribution in [3.05, 3.63) is 0 Å². The molecule has 0 bridgehead atoms. The molecule has 0 spiro atoms. The van der Waals surface area contributed by atoms with Crippen LogP contribution in [0.15, 0.2) is 0 Å². The SMILES string of the molecule is CNCCSSCCOC(=O)ON1C(=O)CCC1=O. The first-order valence-electron chi connectivity index (χ1n) is 5.74. The number of hydroxylamine groups is 2. The van der Waals surface area contributed by atoms with Gasteiger partial charge in [-0.1, -0.05) is 26.7 Å². The molecular formula is C10H16N2O5S2. The number of hydrogen-bond donors (Lipinski definition) is 1. The summed E-state index contributed by atoms with van der Waals surface area (Å²) in [4.78, 5) is 38.0. The van der Waals surface area contributed by atoms with Gasteiger partial charge in [0.1, 0.15) is 6.61 Å². The van der Waals surface area contributed by atoms with Gasteiger partial charge in [0.15, 0.2) is 0 Å². The second-order valence-corrected chi connectivity index (χ2v) is 6.22. The Bertz CT molecular complexity index is 324. The second kappa shape index (κ2) is 9.05. The van der Waals surface area contributed by atoms with E-state index in [0.717, 1.165) is 12.3 Å². The van der Waals surface area contributed by atoms with E-state index in [1.165, 1.54) is 0 Å². The third-order valence-corrected chi connectivity index (χ3v) is 4.45. The first kappa shape index (κ1) is 16.1. The zero-order valence-corrected chi connectivity index (χ0v) is 12.2. The van der Waals surface area contributed by atoms with E-state index in [-0.39, 0.29) is 19.4 Å². The maximum atomic E-state index is 11.2. The van der Waals surface area contributed by atoms with Crippen LogP contribution in [-0.4, -0.2) is 54.7 Å². The van der Waals surface area contributed by atoms with Gasteiger partial charge in [-0.05, 0) is 7.05 Å². The third-order valence-electron chi connectivity index (χ3n) is 2.08. The smallest absolute Gasteiger partial charge is 0.432 e. The van der Waals surface area contributed by atoms with Crippen molar-refractivity contribution in [2.45, 2.75) is 12.8 Å². The molecule has 0 aromatic rings. The van der Waals surface area contributed by atoms with E-state index >= 15 is 0 Å². The molecule has 0 atom stereocenters. The van der Waals surface area contributed by atoms with Crippen LogP contribution in [0.4, 0.5) is 4.79 Å². The van der Waals surface area contributed by atoms with Crippen molar-refractivity contribution < 1.29 is 24.0 Å². The van der Waals surface area contributed by atoms with Crippen LogP contribution in [0.3, 0.4) is 0 Å². The predicted molar refractivity (Wildman–Crippen MR) is 72.4 cm³/mol. The normalized spacial score (nSPS) is 14.9. The van der Waals surface area contributed by atoms with Crippen LogP contribution in [0.25, 0.3) is 0 Å². The Labute approximate surface area is 119 Å². The number of hydrogen-bond acceptors (Lipinski definition) is 8. The lowest BCUT2D eigenvalue weighted by atomic mass is 10.4. The largest absolute Gasteiger partial charge is 0.533 e. The van der Waals surface area contributed by atoms with Crippen LogP contribution in [0.5, 0.6) is 0 Å². The molecule has 2 amide bonds. The number of amides is 2. The summed E-state index contributed by atoms with van der Waals surface area (Å²) >= 11 is 0. The van der Waals surface area contributed by atoms with Crippen molar-refractivity contribution in [1.29, 1.82) is 0 Å². The molecule has 0 saturated carbocycles. The van der Waals surface area contributed by atoms with Gasteiger partial charge in [-0.15, -0.1) is 0 Å². The summed E-state index contributed by atoms with van der Waals surface area (Å²) in [6, 6.07) is 0. The van der Waals surface area contributed by atoms with Gasteiger partial charge >= 0.3 is 6.16 Å². The molecule has 0 aliphatic carbocycles. The minimum Gasteiger partial charge on any atom is -0.432 e. The highest BCUT2D eigenvalue weighted by Gasteiger charge is 2.33. The van der Waals surface area contributed by atoms with E-state index in [2.05, 4.69) is 10.2 Å². The molecule has 0 aromatic heterocycles. The molecule has 0 unspecified atom stereocenters. The highest BCUT2D eigenvalue weighted by atomic mass is 33.1. The Morgan fingerprint density at radius 2 is 1.89 bits per heavy atom.